The van der Waals surface area contributed by atoms with Gasteiger partial charge in [0, 0.05) is 31.5 Å². The van der Waals surface area contributed by atoms with Gasteiger partial charge in [0.05, 0.1) is 23.7 Å². The number of aliphatic hydroxyl groups excluding tert-OH is 1. The molecule has 1 aromatic heterocycles. The second-order valence-corrected chi connectivity index (χ2v) is 9.92. The van der Waals surface area contributed by atoms with Crippen LogP contribution in [0.5, 0.6) is 0 Å². The fraction of sp³-hybridized carbons (Fsp3) is 0.357. The van der Waals surface area contributed by atoms with E-state index in [2.05, 4.69) is 15.7 Å². The summed E-state index contributed by atoms with van der Waals surface area (Å²) in [5, 5.41) is 16.0. The van der Waals surface area contributed by atoms with Gasteiger partial charge in [0.2, 0.25) is 5.91 Å². The molecule has 220 valence electrons. The Bertz CT molecular complexity index is 1360. The van der Waals surface area contributed by atoms with Crippen molar-refractivity contribution in [2.75, 3.05) is 39.2 Å². The Morgan fingerprint density at radius 2 is 1.80 bits per heavy atom. The number of amides is 2. The molecule has 0 aliphatic heterocycles. The molecule has 13 heteroatoms. The van der Waals surface area contributed by atoms with Crippen molar-refractivity contribution in [2.45, 2.75) is 32.0 Å². The van der Waals surface area contributed by atoms with E-state index in [0.717, 1.165) is 15.8 Å². The lowest BCUT2D eigenvalue weighted by molar-refractivity contribution is -0.149. The lowest BCUT2D eigenvalue weighted by atomic mass is 10.1. The Kier molecular flexibility index (Phi) is 11.8. The Morgan fingerprint density at radius 1 is 1.07 bits per heavy atom. The number of aromatic nitrogens is 1. The van der Waals surface area contributed by atoms with Crippen LogP contribution in [0.25, 0.3) is 10.8 Å². The molecule has 1 heterocycles. The van der Waals surface area contributed by atoms with Crippen molar-refractivity contribution >= 4 is 46.2 Å². The number of nitrogens with one attached hydrogen (secondary N) is 2. The van der Waals surface area contributed by atoms with Crippen LogP contribution in [0.4, 0.5) is 15.0 Å². The minimum Gasteiger partial charge on any atom is -0.462 e. The number of benzene rings is 2. The van der Waals surface area contributed by atoms with Crippen molar-refractivity contribution < 1.29 is 33.4 Å². The van der Waals surface area contributed by atoms with E-state index in [9.17, 15) is 23.9 Å². The third-order valence-electron chi connectivity index (χ3n) is 5.87. The molecule has 2 atom stereocenters. The normalized spacial score (nSPS) is 12.6. The fourth-order valence-corrected chi connectivity index (χ4v) is 4.13. The summed E-state index contributed by atoms with van der Waals surface area (Å²) in [5.74, 6) is -1.36. The van der Waals surface area contributed by atoms with E-state index in [0.29, 0.717) is 5.56 Å². The SMILES string of the molecule is CC(=O)N(NCc1cccc(F)c1Cl)[C@H](COC(=O)Nc1cc2ccccc2cn1)CC(O)COC(=O)CN(C)C. The predicted molar refractivity (Wildman–Crippen MR) is 151 cm³/mol. The monoisotopic (exact) mass is 589 g/mol. The number of anilines is 1. The number of likely N-dealkylation sites (N-methyl/N-ethyl adjacent to an activating group) is 1. The second-order valence-electron chi connectivity index (χ2n) is 9.54. The van der Waals surface area contributed by atoms with E-state index < -0.39 is 35.9 Å². The van der Waals surface area contributed by atoms with Gasteiger partial charge in [-0.3, -0.25) is 24.8 Å². The molecule has 41 heavy (non-hydrogen) atoms. The molecular weight excluding hydrogens is 557 g/mol. The first-order valence-corrected chi connectivity index (χ1v) is 13.1. The molecule has 0 spiro atoms. The summed E-state index contributed by atoms with van der Waals surface area (Å²) < 4.78 is 24.4. The van der Waals surface area contributed by atoms with Gasteiger partial charge < -0.3 is 14.6 Å². The Hall–Kier alpha value is -3.84. The number of aliphatic hydroxyl groups is 1. The van der Waals surface area contributed by atoms with Crippen molar-refractivity contribution in [1.82, 2.24) is 20.3 Å². The Labute approximate surface area is 242 Å². The van der Waals surface area contributed by atoms with Crippen LogP contribution in [-0.4, -0.2) is 84.0 Å². The van der Waals surface area contributed by atoms with Crippen molar-refractivity contribution in [3.63, 3.8) is 0 Å². The first-order chi connectivity index (χ1) is 19.5. The molecule has 0 aliphatic rings. The van der Waals surface area contributed by atoms with Crippen LogP contribution < -0.4 is 10.7 Å². The molecule has 0 aliphatic carbocycles. The molecule has 3 aromatic rings. The number of hydrazine groups is 1. The van der Waals surface area contributed by atoms with E-state index >= 15 is 0 Å². The van der Waals surface area contributed by atoms with Gasteiger partial charge in [0.1, 0.15) is 24.8 Å². The molecule has 11 nitrogen and oxygen atoms in total. The predicted octanol–water partition coefficient (Wildman–Crippen LogP) is 3.35. The first-order valence-electron chi connectivity index (χ1n) is 12.8. The van der Waals surface area contributed by atoms with Crippen LogP contribution in [0.1, 0.15) is 18.9 Å². The van der Waals surface area contributed by atoms with E-state index in [1.807, 2.05) is 24.3 Å². The number of carbonyl (C=O) groups excluding carboxylic acids is 3. The third kappa shape index (κ3) is 9.94. The lowest BCUT2D eigenvalue weighted by Gasteiger charge is -2.32. The van der Waals surface area contributed by atoms with Gasteiger partial charge in [-0.1, -0.05) is 48.0 Å². The summed E-state index contributed by atoms with van der Waals surface area (Å²) in [4.78, 5) is 42.9. The summed E-state index contributed by atoms with van der Waals surface area (Å²) in [6.07, 6.45) is -0.538. The molecular formula is C28H33ClFN5O6. The van der Waals surface area contributed by atoms with Gasteiger partial charge in [-0.15, -0.1) is 0 Å². The number of hydrogen-bond acceptors (Lipinski definition) is 9. The number of hydrogen-bond donors (Lipinski definition) is 3. The highest BCUT2D eigenvalue weighted by atomic mass is 35.5. The quantitative estimate of drug-likeness (QED) is 0.203. The van der Waals surface area contributed by atoms with Crippen molar-refractivity contribution in [3.05, 3.63) is 71.1 Å². The van der Waals surface area contributed by atoms with Crippen LogP contribution in [0.2, 0.25) is 5.02 Å². The number of nitrogens with zero attached hydrogens (tertiary/aromatic N) is 3. The van der Waals surface area contributed by atoms with Crippen molar-refractivity contribution in [3.8, 4) is 0 Å². The number of fused-ring (bicyclic) bond motifs is 1. The molecule has 0 fully saturated rings. The zero-order valence-electron chi connectivity index (χ0n) is 23.0. The standard InChI is InChI=1S/C28H33ClFN5O6/c1-18(36)35(32-14-21-9-6-10-24(30)27(21)29)22(12-23(37)17-40-26(38)15-34(2)3)16-41-28(39)33-25-11-19-7-4-5-8-20(19)13-31-25/h4-11,13,22-23,32,37H,12,14-17H2,1-3H3,(H,31,33,39)/t22-,23?/m0/s1. The smallest absolute Gasteiger partial charge is 0.412 e. The van der Waals surface area contributed by atoms with Crippen LogP contribution in [0, 0.1) is 5.82 Å². The number of ether oxygens (including phenoxy) is 2. The molecule has 1 unspecified atom stereocenters. The zero-order chi connectivity index (χ0) is 29.9. The topological polar surface area (TPSA) is 133 Å². The second kappa shape index (κ2) is 15.2. The van der Waals surface area contributed by atoms with Crippen LogP contribution >= 0.6 is 11.6 Å². The number of esters is 1. The Morgan fingerprint density at radius 3 is 2.51 bits per heavy atom. The van der Waals surface area contributed by atoms with E-state index in [-0.39, 0.29) is 43.6 Å². The van der Waals surface area contributed by atoms with Crippen LogP contribution in [-0.2, 0) is 25.6 Å². The number of pyridine rings is 1. The molecule has 0 saturated heterocycles. The molecule has 2 aromatic carbocycles. The third-order valence-corrected chi connectivity index (χ3v) is 6.29. The molecule has 0 bridgehead atoms. The number of rotatable bonds is 13. The molecule has 0 radical (unpaired) electrons. The van der Waals surface area contributed by atoms with E-state index in [1.54, 1.807) is 37.3 Å². The summed E-state index contributed by atoms with van der Waals surface area (Å²) >= 11 is 6.05. The van der Waals surface area contributed by atoms with Crippen molar-refractivity contribution in [1.29, 1.82) is 0 Å². The minimum atomic E-state index is -1.19. The Balaban J connectivity index is 1.70. The maximum absolute atomic E-state index is 13.9. The van der Waals surface area contributed by atoms with Gasteiger partial charge in [-0.2, -0.15) is 0 Å². The van der Waals surface area contributed by atoms with E-state index in [4.69, 9.17) is 21.1 Å². The average molecular weight is 590 g/mol. The van der Waals surface area contributed by atoms with Gasteiger partial charge in [-0.05, 0) is 37.2 Å². The highest BCUT2D eigenvalue weighted by Crippen LogP contribution is 2.20. The van der Waals surface area contributed by atoms with Crippen molar-refractivity contribution in [2.24, 2.45) is 0 Å². The molecule has 3 rings (SSSR count). The first kappa shape index (κ1) is 31.7. The summed E-state index contributed by atoms with van der Waals surface area (Å²) in [7, 11) is 3.40. The summed E-state index contributed by atoms with van der Waals surface area (Å²) in [5.41, 5.74) is 3.26. The fourth-order valence-electron chi connectivity index (χ4n) is 3.94. The summed E-state index contributed by atoms with van der Waals surface area (Å²) in [6.45, 7) is 0.588. The maximum Gasteiger partial charge on any atom is 0.412 e. The van der Waals surface area contributed by atoms with Crippen LogP contribution in [0.15, 0.2) is 54.7 Å². The molecule has 0 saturated carbocycles. The van der Waals surface area contributed by atoms with Gasteiger partial charge >= 0.3 is 12.1 Å². The molecule has 3 N–H and O–H groups in total. The van der Waals surface area contributed by atoms with Gasteiger partial charge in [0.15, 0.2) is 0 Å². The maximum atomic E-state index is 13.9. The largest absolute Gasteiger partial charge is 0.462 e. The number of carbonyl (C=O) groups is 3. The zero-order valence-corrected chi connectivity index (χ0v) is 23.7. The summed E-state index contributed by atoms with van der Waals surface area (Å²) in [6, 6.07) is 12.6. The van der Waals surface area contributed by atoms with Gasteiger partial charge in [0.25, 0.3) is 0 Å². The minimum absolute atomic E-state index is 0.0256. The van der Waals surface area contributed by atoms with E-state index in [1.165, 1.54) is 19.1 Å². The highest BCUT2D eigenvalue weighted by molar-refractivity contribution is 6.31. The molecule has 2 amide bonds. The van der Waals surface area contributed by atoms with Gasteiger partial charge in [-0.25, -0.2) is 19.6 Å². The van der Waals surface area contributed by atoms with Crippen LogP contribution in [0.3, 0.4) is 0 Å². The number of halogens is 2. The lowest BCUT2D eigenvalue weighted by Crippen LogP contribution is -2.52. The highest BCUT2D eigenvalue weighted by Gasteiger charge is 2.27. The average Bonchev–Trinajstić information content (AvgIpc) is 2.92.